The maximum Gasteiger partial charge on any atom is 0.166 e. The van der Waals surface area contributed by atoms with Gasteiger partial charge in [0, 0.05) is 16.4 Å². The molecule has 0 aromatic heterocycles. The number of fused-ring (bicyclic) bond motifs is 1. The average molecular weight is 274 g/mol. The van der Waals surface area contributed by atoms with Crippen LogP contribution in [0.15, 0.2) is 16.6 Å². The van der Waals surface area contributed by atoms with Crippen molar-refractivity contribution in [2.75, 3.05) is 6.61 Å². The van der Waals surface area contributed by atoms with E-state index >= 15 is 0 Å². The van der Waals surface area contributed by atoms with Crippen LogP contribution in [0.4, 0.5) is 4.39 Å². The largest absolute Gasteiger partial charge is 0.490 e. The average Bonchev–Trinajstić information content (AvgIpc) is 2.16. The number of hydrogen-bond acceptors (Lipinski definition) is 2. The highest BCUT2D eigenvalue weighted by Crippen LogP contribution is 2.33. The molecule has 1 unspecified atom stereocenters. The van der Waals surface area contributed by atoms with Crippen LogP contribution in [0.5, 0.6) is 5.75 Å². The Morgan fingerprint density at radius 2 is 2.33 bits per heavy atom. The first-order valence-electron chi connectivity index (χ1n) is 4.94. The van der Waals surface area contributed by atoms with E-state index in [1.165, 1.54) is 6.07 Å². The second-order valence-electron chi connectivity index (χ2n) is 4.01. The minimum absolute atomic E-state index is 0.0696. The van der Waals surface area contributed by atoms with Crippen molar-refractivity contribution >= 4 is 15.9 Å². The van der Waals surface area contributed by atoms with E-state index in [4.69, 9.17) is 10.5 Å². The van der Waals surface area contributed by atoms with E-state index in [0.29, 0.717) is 12.4 Å². The van der Waals surface area contributed by atoms with Crippen molar-refractivity contribution in [3.63, 3.8) is 0 Å². The SMILES string of the molecule is C[C@H](N)C1COc2c(F)cc(Br)cc2C1. The maximum absolute atomic E-state index is 13.5. The number of hydrogen-bond donors (Lipinski definition) is 1. The number of ether oxygens (including phenoxy) is 1. The van der Waals surface area contributed by atoms with Gasteiger partial charge in [0.25, 0.3) is 0 Å². The fraction of sp³-hybridized carbons (Fsp3) is 0.455. The van der Waals surface area contributed by atoms with Gasteiger partial charge in [0.15, 0.2) is 11.6 Å². The van der Waals surface area contributed by atoms with Crippen LogP contribution < -0.4 is 10.5 Å². The first-order valence-corrected chi connectivity index (χ1v) is 5.73. The fourth-order valence-electron chi connectivity index (χ4n) is 1.80. The lowest BCUT2D eigenvalue weighted by atomic mass is 9.92. The molecule has 2 atom stereocenters. The molecule has 4 heteroatoms. The summed E-state index contributed by atoms with van der Waals surface area (Å²) in [5.74, 6) is 0.351. The Labute approximate surface area is 96.7 Å². The molecule has 0 fully saturated rings. The summed E-state index contributed by atoms with van der Waals surface area (Å²) in [5, 5.41) is 0. The third-order valence-electron chi connectivity index (χ3n) is 2.75. The smallest absolute Gasteiger partial charge is 0.166 e. The number of benzene rings is 1. The van der Waals surface area contributed by atoms with Gasteiger partial charge < -0.3 is 10.5 Å². The van der Waals surface area contributed by atoms with Crippen LogP contribution in [0.1, 0.15) is 12.5 Å². The zero-order valence-electron chi connectivity index (χ0n) is 8.47. The Morgan fingerprint density at radius 1 is 1.60 bits per heavy atom. The van der Waals surface area contributed by atoms with Crippen molar-refractivity contribution in [3.8, 4) is 5.75 Å². The van der Waals surface area contributed by atoms with Gasteiger partial charge in [-0.25, -0.2) is 4.39 Å². The van der Waals surface area contributed by atoms with E-state index < -0.39 is 0 Å². The molecule has 0 saturated heterocycles. The van der Waals surface area contributed by atoms with Crippen molar-refractivity contribution in [1.29, 1.82) is 0 Å². The van der Waals surface area contributed by atoms with Gasteiger partial charge in [0.2, 0.25) is 0 Å². The number of nitrogens with two attached hydrogens (primary N) is 1. The van der Waals surface area contributed by atoms with Crippen LogP contribution in [-0.4, -0.2) is 12.6 Å². The van der Waals surface area contributed by atoms with E-state index in [1.807, 2.05) is 13.0 Å². The van der Waals surface area contributed by atoms with E-state index in [9.17, 15) is 4.39 Å². The molecule has 2 N–H and O–H groups in total. The zero-order chi connectivity index (χ0) is 11.0. The third kappa shape index (κ3) is 2.16. The normalized spacial score (nSPS) is 21.7. The molecule has 0 radical (unpaired) electrons. The number of rotatable bonds is 1. The summed E-state index contributed by atoms with van der Waals surface area (Å²) < 4.78 is 19.6. The maximum atomic E-state index is 13.5. The molecular weight excluding hydrogens is 261 g/mol. The fourth-order valence-corrected chi connectivity index (χ4v) is 2.27. The molecule has 0 spiro atoms. The summed E-state index contributed by atoms with van der Waals surface area (Å²) in [5.41, 5.74) is 6.71. The minimum atomic E-state index is -0.303. The lowest BCUT2D eigenvalue weighted by molar-refractivity contribution is 0.195. The molecule has 0 bridgehead atoms. The van der Waals surface area contributed by atoms with Crippen LogP contribution in [0.2, 0.25) is 0 Å². The molecule has 0 aliphatic carbocycles. The molecule has 1 aliphatic rings. The Bertz CT molecular complexity index is 381. The quantitative estimate of drug-likeness (QED) is 0.853. The molecule has 2 rings (SSSR count). The second kappa shape index (κ2) is 4.10. The van der Waals surface area contributed by atoms with Gasteiger partial charge in [0.05, 0.1) is 6.61 Å². The Kier molecular flexibility index (Phi) is 2.98. The van der Waals surface area contributed by atoms with Crippen molar-refractivity contribution in [2.45, 2.75) is 19.4 Å². The molecule has 1 aliphatic heterocycles. The minimum Gasteiger partial charge on any atom is -0.490 e. The van der Waals surface area contributed by atoms with Gasteiger partial charge in [-0.3, -0.25) is 0 Å². The van der Waals surface area contributed by atoms with Crippen molar-refractivity contribution in [2.24, 2.45) is 11.7 Å². The monoisotopic (exact) mass is 273 g/mol. The standard InChI is InChI=1S/C11H13BrFNO/c1-6(14)8-2-7-3-9(12)4-10(13)11(7)15-5-8/h3-4,6,8H,2,5,14H2,1H3/t6-,8?/m0/s1. The van der Waals surface area contributed by atoms with Gasteiger partial charge in [-0.15, -0.1) is 0 Å². The van der Waals surface area contributed by atoms with Gasteiger partial charge in [-0.2, -0.15) is 0 Å². The van der Waals surface area contributed by atoms with Crippen LogP contribution in [0.25, 0.3) is 0 Å². The first kappa shape index (κ1) is 10.9. The highest BCUT2D eigenvalue weighted by molar-refractivity contribution is 9.10. The third-order valence-corrected chi connectivity index (χ3v) is 3.21. The summed E-state index contributed by atoms with van der Waals surface area (Å²) in [4.78, 5) is 0. The summed E-state index contributed by atoms with van der Waals surface area (Å²) in [6.07, 6.45) is 0.781. The van der Waals surface area contributed by atoms with Gasteiger partial charge in [0.1, 0.15) is 0 Å². The first-order chi connectivity index (χ1) is 7.08. The second-order valence-corrected chi connectivity index (χ2v) is 4.93. The zero-order valence-corrected chi connectivity index (χ0v) is 10.1. The molecule has 82 valence electrons. The summed E-state index contributed by atoms with van der Waals surface area (Å²) in [6.45, 7) is 2.45. The van der Waals surface area contributed by atoms with Gasteiger partial charge in [-0.05, 0) is 31.0 Å². The summed E-state index contributed by atoms with van der Waals surface area (Å²) in [7, 11) is 0. The molecule has 1 heterocycles. The van der Waals surface area contributed by atoms with E-state index in [0.717, 1.165) is 16.5 Å². The summed E-state index contributed by atoms with van der Waals surface area (Å²) in [6, 6.07) is 3.39. The van der Waals surface area contributed by atoms with Crippen molar-refractivity contribution < 1.29 is 9.13 Å². The molecule has 1 aromatic rings. The lowest BCUT2D eigenvalue weighted by Gasteiger charge is -2.28. The predicted molar refractivity (Wildman–Crippen MR) is 60.4 cm³/mol. The Morgan fingerprint density at radius 3 is 3.00 bits per heavy atom. The van der Waals surface area contributed by atoms with Gasteiger partial charge >= 0.3 is 0 Å². The molecule has 1 aromatic carbocycles. The highest BCUT2D eigenvalue weighted by atomic mass is 79.9. The lowest BCUT2D eigenvalue weighted by Crippen LogP contribution is -2.35. The van der Waals surface area contributed by atoms with Gasteiger partial charge in [-0.1, -0.05) is 15.9 Å². The van der Waals surface area contributed by atoms with Crippen LogP contribution >= 0.6 is 15.9 Å². The molecule has 0 amide bonds. The van der Waals surface area contributed by atoms with E-state index in [-0.39, 0.29) is 17.8 Å². The van der Waals surface area contributed by atoms with Crippen LogP contribution in [-0.2, 0) is 6.42 Å². The van der Waals surface area contributed by atoms with Crippen LogP contribution in [0.3, 0.4) is 0 Å². The molecule has 15 heavy (non-hydrogen) atoms. The van der Waals surface area contributed by atoms with E-state index in [1.54, 1.807) is 0 Å². The van der Waals surface area contributed by atoms with E-state index in [2.05, 4.69) is 15.9 Å². The summed E-state index contributed by atoms with van der Waals surface area (Å²) >= 11 is 3.27. The molecule has 2 nitrogen and oxygen atoms in total. The number of halogens is 2. The predicted octanol–water partition coefficient (Wildman–Crippen LogP) is 2.49. The topological polar surface area (TPSA) is 35.2 Å². The van der Waals surface area contributed by atoms with Crippen molar-refractivity contribution in [3.05, 3.63) is 28.0 Å². The molecular formula is C11H13BrFNO. The Hall–Kier alpha value is -0.610. The van der Waals surface area contributed by atoms with Crippen molar-refractivity contribution in [1.82, 2.24) is 0 Å². The Balaban J connectivity index is 2.33. The highest BCUT2D eigenvalue weighted by Gasteiger charge is 2.25. The molecule has 0 saturated carbocycles. The van der Waals surface area contributed by atoms with Crippen LogP contribution in [0, 0.1) is 11.7 Å².